The second-order valence-electron chi connectivity index (χ2n) is 7.01. The Hall–Kier alpha value is -3.22. The predicted molar refractivity (Wildman–Crippen MR) is 101 cm³/mol. The van der Waals surface area contributed by atoms with E-state index in [2.05, 4.69) is 5.32 Å². The highest BCUT2D eigenvalue weighted by Gasteiger charge is 2.52. The van der Waals surface area contributed by atoms with Gasteiger partial charge in [0.2, 0.25) is 5.91 Å². The van der Waals surface area contributed by atoms with E-state index in [9.17, 15) is 18.8 Å². The third-order valence-electron chi connectivity index (χ3n) is 5.52. The van der Waals surface area contributed by atoms with Crippen molar-refractivity contribution in [3.63, 3.8) is 0 Å². The molecule has 2 aromatic rings. The molecule has 144 valence electrons. The minimum absolute atomic E-state index is 0.292. The summed E-state index contributed by atoms with van der Waals surface area (Å²) >= 11 is 0. The van der Waals surface area contributed by atoms with Gasteiger partial charge >= 0.3 is 6.03 Å². The second-order valence-corrected chi connectivity index (χ2v) is 7.01. The van der Waals surface area contributed by atoms with Crippen LogP contribution in [-0.4, -0.2) is 35.8 Å². The molecule has 28 heavy (non-hydrogen) atoms. The molecule has 2 aliphatic heterocycles. The monoisotopic (exact) mass is 381 g/mol. The first-order valence-electron chi connectivity index (χ1n) is 9.24. The van der Waals surface area contributed by atoms with E-state index < -0.39 is 23.3 Å². The van der Waals surface area contributed by atoms with E-state index in [1.165, 1.54) is 24.3 Å². The number of benzene rings is 2. The summed E-state index contributed by atoms with van der Waals surface area (Å²) in [6.45, 7) is 1.96. The van der Waals surface area contributed by atoms with Crippen molar-refractivity contribution in [3.8, 4) is 0 Å². The molecule has 6 nitrogen and oxygen atoms in total. The van der Waals surface area contributed by atoms with Gasteiger partial charge in [0, 0.05) is 12.2 Å². The Kier molecular flexibility index (Phi) is 4.37. The summed E-state index contributed by atoms with van der Waals surface area (Å²) in [4.78, 5) is 41.1. The number of anilines is 1. The highest BCUT2D eigenvalue weighted by molar-refractivity contribution is 6.11. The van der Waals surface area contributed by atoms with Crippen molar-refractivity contribution in [3.05, 3.63) is 65.5 Å². The molecule has 0 aliphatic carbocycles. The van der Waals surface area contributed by atoms with Gasteiger partial charge < -0.3 is 10.2 Å². The Morgan fingerprint density at radius 3 is 2.57 bits per heavy atom. The first kappa shape index (κ1) is 18.2. The molecular weight excluding hydrogens is 361 g/mol. The molecule has 0 saturated carbocycles. The van der Waals surface area contributed by atoms with E-state index in [0.29, 0.717) is 18.5 Å². The van der Waals surface area contributed by atoms with Crippen LogP contribution in [0.1, 0.15) is 24.5 Å². The lowest BCUT2D eigenvalue weighted by Crippen LogP contribution is -2.45. The molecule has 1 saturated heterocycles. The number of amides is 4. The lowest BCUT2D eigenvalue weighted by atomic mass is 9.87. The quantitative estimate of drug-likeness (QED) is 0.828. The van der Waals surface area contributed by atoms with Gasteiger partial charge in [-0.15, -0.1) is 0 Å². The van der Waals surface area contributed by atoms with Crippen molar-refractivity contribution < 1.29 is 18.8 Å². The lowest BCUT2D eigenvalue weighted by molar-refractivity contribution is -0.134. The van der Waals surface area contributed by atoms with Gasteiger partial charge in [0.05, 0.1) is 0 Å². The molecular formula is C21H20FN3O3. The predicted octanol–water partition coefficient (Wildman–Crippen LogP) is 2.57. The average molecular weight is 381 g/mol. The summed E-state index contributed by atoms with van der Waals surface area (Å²) in [6.07, 6.45) is 1.04. The van der Waals surface area contributed by atoms with Gasteiger partial charge in [0.15, 0.2) is 0 Å². The normalized spacial score (nSPS) is 21.1. The number of imide groups is 1. The van der Waals surface area contributed by atoms with Crippen LogP contribution < -0.4 is 10.2 Å². The van der Waals surface area contributed by atoms with Crippen LogP contribution in [0.15, 0.2) is 48.5 Å². The van der Waals surface area contributed by atoms with Gasteiger partial charge in [-0.1, -0.05) is 37.3 Å². The van der Waals surface area contributed by atoms with Crippen molar-refractivity contribution in [2.24, 2.45) is 0 Å². The fourth-order valence-corrected chi connectivity index (χ4v) is 3.96. The number of nitrogens with one attached hydrogen (secondary N) is 1. The van der Waals surface area contributed by atoms with Crippen LogP contribution >= 0.6 is 0 Å². The SMILES string of the molecule is CCC1(c2ccc(F)cc2)NC(=O)N(CC(=O)N2CCc3ccccc32)C1=O. The molecule has 7 heteroatoms. The number of urea groups is 1. The van der Waals surface area contributed by atoms with Gasteiger partial charge in [0.1, 0.15) is 17.9 Å². The van der Waals surface area contributed by atoms with Crippen molar-refractivity contribution in [2.75, 3.05) is 18.0 Å². The van der Waals surface area contributed by atoms with E-state index in [-0.39, 0.29) is 12.5 Å². The maximum Gasteiger partial charge on any atom is 0.325 e. The van der Waals surface area contributed by atoms with Crippen LogP contribution in [0.25, 0.3) is 0 Å². The second kappa shape index (κ2) is 6.74. The molecule has 0 bridgehead atoms. The maximum atomic E-state index is 13.3. The Labute approximate surface area is 161 Å². The number of carbonyl (C=O) groups excluding carboxylic acids is 3. The molecule has 2 heterocycles. The third-order valence-corrected chi connectivity index (χ3v) is 5.52. The summed E-state index contributed by atoms with van der Waals surface area (Å²) in [7, 11) is 0. The summed E-state index contributed by atoms with van der Waals surface area (Å²) < 4.78 is 13.3. The van der Waals surface area contributed by atoms with E-state index in [1.807, 2.05) is 24.3 Å². The zero-order valence-electron chi connectivity index (χ0n) is 15.4. The number of hydrogen-bond donors (Lipinski definition) is 1. The van der Waals surface area contributed by atoms with Crippen molar-refractivity contribution in [1.29, 1.82) is 0 Å². The van der Waals surface area contributed by atoms with Crippen molar-refractivity contribution >= 4 is 23.5 Å². The fourth-order valence-electron chi connectivity index (χ4n) is 3.96. The van der Waals surface area contributed by atoms with E-state index >= 15 is 0 Å². The summed E-state index contributed by atoms with van der Waals surface area (Å²) in [5.74, 6) is -1.22. The first-order valence-corrected chi connectivity index (χ1v) is 9.24. The van der Waals surface area contributed by atoms with Crippen LogP contribution in [0.2, 0.25) is 0 Å². The molecule has 1 fully saturated rings. The molecule has 1 unspecified atom stereocenters. The zero-order valence-corrected chi connectivity index (χ0v) is 15.4. The highest BCUT2D eigenvalue weighted by Crippen LogP contribution is 2.33. The Morgan fingerprint density at radius 1 is 1.14 bits per heavy atom. The van der Waals surface area contributed by atoms with Gasteiger partial charge in [-0.25, -0.2) is 9.18 Å². The molecule has 4 rings (SSSR count). The number of hydrogen-bond acceptors (Lipinski definition) is 3. The lowest BCUT2D eigenvalue weighted by Gasteiger charge is -2.26. The van der Waals surface area contributed by atoms with Crippen molar-refractivity contribution in [1.82, 2.24) is 10.2 Å². The van der Waals surface area contributed by atoms with Gasteiger partial charge in [-0.05, 0) is 42.2 Å². The van der Waals surface area contributed by atoms with Gasteiger partial charge in [-0.3, -0.25) is 14.5 Å². The molecule has 1 atom stereocenters. The van der Waals surface area contributed by atoms with Crippen LogP contribution in [0, 0.1) is 5.82 Å². The largest absolute Gasteiger partial charge is 0.325 e. The summed E-state index contributed by atoms with van der Waals surface area (Å²) in [5, 5.41) is 2.71. The standard InChI is InChI=1S/C21H20FN3O3/c1-2-21(15-7-9-16(22)10-8-15)19(27)25(20(28)23-21)13-18(26)24-12-11-14-5-3-4-6-17(14)24/h3-10H,2,11-13H2,1H3,(H,23,28). The minimum Gasteiger partial charge on any atom is -0.319 e. The maximum absolute atomic E-state index is 13.3. The Morgan fingerprint density at radius 2 is 1.86 bits per heavy atom. The van der Waals surface area contributed by atoms with Crippen LogP contribution in [-0.2, 0) is 21.5 Å². The molecule has 4 amide bonds. The molecule has 2 aliphatic rings. The Balaban J connectivity index is 1.58. The zero-order chi connectivity index (χ0) is 19.9. The van der Waals surface area contributed by atoms with Gasteiger partial charge in [-0.2, -0.15) is 0 Å². The number of carbonyl (C=O) groups is 3. The topological polar surface area (TPSA) is 69.7 Å². The molecule has 0 spiro atoms. The molecule has 1 N–H and O–H groups in total. The van der Waals surface area contributed by atoms with E-state index in [4.69, 9.17) is 0 Å². The molecule has 2 aromatic carbocycles. The number of fused-ring (bicyclic) bond motifs is 1. The van der Waals surface area contributed by atoms with E-state index in [1.54, 1.807) is 11.8 Å². The number of halogens is 1. The summed E-state index contributed by atoms with van der Waals surface area (Å²) in [5.41, 5.74) is 1.10. The van der Waals surface area contributed by atoms with Crippen LogP contribution in [0.4, 0.5) is 14.9 Å². The highest BCUT2D eigenvalue weighted by atomic mass is 19.1. The van der Waals surface area contributed by atoms with E-state index in [0.717, 1.165) is 22.6 Å². The molecule has 0 aromatic heterocycles. The third kappa shape index (κ3) is 2.74. The number of nitrogens with zero attached hydrogens (tertiary/aromatic N) is 2. The minimum atomic E-state index is -1.28. The molecule has 0 radical (unpaired) electrons. The average Bonchev–Trinajstić information content (AvgIpc) is 3.23. The Bertz CT molecular complexity index is 960. The fraction of sp³-hybridized carbons (Fsp3) is 0.286. The van der Waals surface area contributed by atoms with Crippen LogP contribution in [0.3, 0.4) is 0 Å². The van der Waals surface area contributed by atoms with Crippen LogP contribution in [0.5, 0.6) is 0 Å². The smallest absolute Gasteiger partial charge is 0.319 e. The van der Waals surface area contributed by atoms with Crippen molar-refractivity contribution in [2.45, 2.75) is 25.3 Å². The number of para-hydroxylation sites is 1. The van der Waals surface area contributed by atoms with Gasteiger partial charge in [0.25, 0.3) is 5.91 Å². The number of rotatable bonds is 4. The summed E-state index contributed by atoms with van der Waals surface area (Å²) in [6, 6.07) is 12.5. The first-order chi connectivity index (χ1) is 13.5.